The van der Waals surface area contributed by atoms with Gasteiger partial charge in [-0.2, -0.15) is 5.26 Å². The Morgan fingerprint density at radius 2 is 1.84 bits per heavy atom. The highest BCUT2D eigenvalue weighted by atomic mass is 16.5. The van der Waals surface area contributed by atoms with Crippen molar-refractivity contribution in [2.75, 3.05) is 44.4 Å². The van der Waals surface area contributed by atoms with E-state index in [9.17, 15) is 5.26 Å². The predicted octanol–water partition coefficient (Wildman–Crippen LogP) is 2.42. The maximum Gasteiger partial charge on any atom is 0.138 e. The van der Waals surface area contributed by atoms with Gasteiger partial charge < -0.3 is 29.8 Å². The van der Waals surface area contributed by atoms with Crippen molar-refractivity contribution in [2.45, 2.75) is 18.9 Å². The third-order valence-electron chi connectivity index (χ3n) is 6.69. The van der Waals surface area contributed by atoms with E-state index in [0.717, 1.165) is 61.7 Å². The van der Waals surface area contributed by atoms with Crippen molar-refractivity contribution in [1.29, 1.82) is 5.26 Å². The van der Waals surface area contributed by atoms with Gasteiger partial charge in [-0.15, -0.1) is 0 Å². The second-order valence-electron chi connectivity index (χ2n) is 9.08. The predicted molar refractivity (Wildman–Crippen MR) is 143 cm³/mol. The second-order valence-corrected chi connectivity index (χ2v) is 9.08. The Kier molecular flexibility index (Phi) is 7.54. The lowest BCUT2D eigenvalue weighted by Gasteiger charge is -2.28. The van der Waals surface area contributed by atoms with Crippen molar-refractivity contribution in [3.8, 4) is 23.2 Å². The highest BCUT2D eigenvalue weighted by molar-refractivity contribution is 5.75. The van der Waals surface area contributed by atoms with Crippen LogP contribution in [0.2, 0.25) is 0 Å². The lowest BCUT2D eigenvalue weighted by Crippen LogP contribution is -2.36. The summed E-state index contributed by atoms with van der Waals surface area (Å²) in [5.41, 5.74) is 9.98. The van der Waals surface area contributed by atoms with E-state index in [4.69, 9.17) is 24.9 Å². The fourth-order valence-electron chi connectivity index (χ4n) is 4.69. The van der Waals surface area contributed by atoms with E-state index in [1.165, 1.54) is 11.9 Å². The number of hydrogen-bond acceptors (Lipinski definition) is 7. The van der Waals surface area contributed by atoms with Crippen LogP contribution in [0.5, 0.6) is 5.75 Å². The Hall–Kier alpha value is -4.06. The van der Waals surface area contributed by atoms with E-state index in [1.807, 2.05) is 18.2 Å². The summed E-state index contributed by atoms with van der Waals surface area (Å²) in [5, 5.41) is 11.2. The molecule has 2 saturated heterocycles. The number of allylic oxidation sites excluding steroid dienone is 1. The van der Waals surface area contributed by atoms with Crippen LogP contribution in [0.25, 0.3) is 23.5 Å². The fourth-order valence-corrected chi connectivity index (χ4v) is 4.69. The molecule has 0 spiro atoms. The number of imidazole rings is 1. The first-order valence-electron chi connectivity index (χ1n) is 12.6. The number of ether oxygens (including phenoxy) is 3. The molecule has 5 rings (SSSR count). The Morgan fingerprint density at radius 3 is 2.54 bits per heavy atom. The van der Waals surface area contributed by atoms with Crippen molar-refractivity contribution in [3.05, 3.63) is 76.6 Å². The number of nitrogens with one attached hydrogen (secondary N) is 1. The van der Waals surface area contributed by atoms with Gasteiger partial charge in [0.15, 0.2) is 0 Å². The minimum Gasteiger partial charge on any atom is -0.489 e. The van der Waals surface area contributed by atoms with Gasteiger partial charge in [0, 0.05) is 42.8 Å². The number of H-pyrrole nitrogens is 1. The Bertz CT molecular complexity index is 1410. The third-order valence-corrected chi connectivity index (χ3v) is 6.69. The van der Waals surface area contributed by atoms with E-state index >= 15 is 0 Å². The van der Waals surface area contributed by atoms with Crippen LogP contribution in [-0.4, -0.2) is 55.6 Å². The highest BCUT2D eigenvalue weighted by Crippen LogP contribution is 2.26. The van der Waals surface area contributed by atoms with Crippen LogP contribution in [-0.2, 0) is 9.47 Å². The maximum atomic E-state index is 9.83. The number of nitrogens with two attached hydrogens (primary N) is 1. The number of aromatic amines is 1. The third kappa shape index (κ3) is 5.53. The average Bonchev–Trinajstić information content (AvgIpc) is 3.34. The number of anilines is 1. The van der Waals surface area contributed by atoms with Crippen LogP contribution >= 0.6 is 0 Å². The lowest BCUT2D eigenvalue weighted by molar-refractivity contribution is 0.0254. The van der Waals surface area contributed by atoms with E-state index in [0.29, 0.717) is 35.2 Å². The molecule has 0 amide bonds. The van der Waals surface area contributed by atoms with Gasteiger partial charge in [-0.05, 0) is 54.2 Å². The van der Waals surface area contributed by atoms with Crippen molar-refractivity contribution in [3.63, 3.8) is 0 Å². The van der Waals surface area contributed by atoms with Gasteiger partial charge in [-0.25, -0.2) is 4.98 Å². The van der Waals surface area contributed by atoms with Gasteiger partial charge in [0.1, 0.15) is 23.7 Å². The van der Waals surface area contributed by atoms with Crippen LogP contribution < -0.4 is 26.1 Å². The molecule has 0 aliphatic carbocycles. The molecule has 2 fully saturated rings. The summed E-state index contributed by atoms with van der Waals surface area (Å²) >= 11 is 0. The van der Waals surface area contributed by atoms with Gasteiger partial charge in [0.25, 0.3) is 0 Å². The molecule has 37 heavy (non-hydrogen) atoms. The Labute approximate surface area is 216 Å². The van der Waals surface area contributed by atoms with Gasteiger partial charge in [0.2, 0.25) is 0 Å². The molecule has 8 nitrogen and oxygen atoms in total. The normalized spacial score (nSPS) is 17.5. The molecular formula is C29H31N5O3. The number of benzene rings is 2. The first-order chi connectivity index (χ1) is 18.2. The molecule has 3 N–H and O–H groups in total. The summed E-state index contributed by atoms with van der Waals surface area (Å²) in [6, 6.07) is 16.2. The lowest BCUT2D eigenvalue weighted by atomic mass is 10.0. The number of morpholine rings is 1. The zero-order chi connectivity index (χ0) is 25.6. The van der Waals surface area contributed by atoms with Crippen molar-refractivity contribution < 1.29 is 14.2 Å². The van der Waals surface area contributed by atoms with E-state index < -0.39 is 0 Å². The summed E-state index contributed by atoms with van der Waals surface area (Å²) in [6.45, 7) is 8.81. The summed E-state index contributed by atoms with van der Waals surface area (Å²) < 4.78 is 17.0. The maximum absolute atomic E-state index is 9.83. The average molecular weight is 498 g/mol. The van der Waals surface area contributed by atoms with Crippen LogP contribution in [0.4, 0.5) is 5.69 Å². The molecule has 190 valence electrons. The van der Waals surface area contributed by atoms with E-state index in [2.05, 4.69) is 46.8 Å². The molecular weight excluding hydrogens is 466 g/mol. The van der Waals surface area contributed by atoms with Crippen LogP contribution in [0, 0.1) is 11.3 Å². The zero-order valence-corrected chi connectivity index (χ0v) is 20.8. The minimum atomic E-state index is 0.0501. The molecule has 1 aromatic heterocycles. The molecule has 3 heterocycles. The van der Waals surface area contributed by atoms with Gasteiger partial charge >= 0.3 is 0 Å². The summed E-state index contributed by atoms with van der Waals surface area (Å²) in [6.07, 6.45) is 4.93. The molecule has 0 unspecified atom stereocenters. The quantitative estimate of drug-likeness (QED) is 0.538. The molecule has 0 saturated carbocycles. The minimum absolute atomic E-state index is 0.0501. The summed E-state index contributed by atoms with van der Waals surface area (Å²) in [4.78, 5) is 10.5. The van der Waals surface area contributed by atoms with E-state index in [1.54, 1.807) is 6.08 Å². The van der Waals surface area contributed by atoms with Crippen LogP contribution in [0.3, 0.4) is 0 Å². The first kappa shape index (κ1) is 24.6. The van der Waals surface area contributed by atoms with Crippen molar-refractivity contribution in [1.82, 2.24) is 9.97 Å². The van der Waals surface area contributed by atoms with Gasteiger partial charge in [-0.1, -0.05) is 12.6 Å². The van der Waals surface area contributed by atoms with Crippen molar-refractivity contribution in [2.24, 2.45) is 5.73 Å². The number of nitrogens with zero attached hydrogens (tertiary/aromatic N) is 3. The van der Waals surface area contributed by atoms with Crippen molar-refractivity contribution >= 4 is 17.8 Å². The number of hydrogen-bond donors (Lipinski definition) is 2. The number of nitriles is 1. The zero-order valence-electron chi connectivity index (χ0n) is 20.8. The second kappa shape index (κ2) is 11.3. The molecule has 2 aliphatic heterocycles. The largest absolute Gasteiger partial charge is 0.489 e. The monoisotopic (exact) mass is 497 g/mol. The topological polar surface area (TPSA) is 109 Å². The van der Waals surface area contributed by atoms with Crippen LogP contribution in [0.1, 0.15) is 24.0 Å². The summed E-state index contributed by atoms with van der Waals surface area (Å²) in [7, 11) is 0. The Balaban J connectivity index is 1.47. The standard InChI is InChI=1S/C29H31N5O3/c1-20-28(33-29(32-20)21-2-5-24(6-3-21)34-12-16-36-17-13-34)26(8-11-30)22-4-7-27(23(18-22)19-31)37-25-9-14-35-15-10-25/h2-8,11,18,25H,1,9-10,12-17,30H2,(H,32,33)/b11-8-,28-26-. The smallest absolute Gasteiger partial charge is 0.138 e. The van der Waals surface area contributed by atoms with Crippen LogP contribution in [0.15, 0.2) is 54.7 Å². The molecule has 2 aromatic carbocycles. The highest BCUT2D eigenvalue weighted by Gasteiger charge is 2.18. The number of rotatable bonds is 6. The number of aromatic nitrogens is 2. The van der Waals surface area contributed by atoms with Gasteiger partial charge in [0.05, 0.1) is 42.7 Å². The molecule has 0 radical (unpaired) electrons. The first-order valence-corrected chi connectivity index (χ1v) is 12.6. The van der Waals surface area contributed by atoms with E-state index in [-0.39, 0.29) is 6.10 Å². The summed E-state index contributed by atoms with van der Waals surface area (Å²) in [5.74, 6) is 1.29. The molecule has 3 aromatic rings. The molecule has 2 aliphatic rings. The molecule has 0 atom stereocenters. The SMILES string of the molecule is C=c1[nH]c(-c2ccc(N3CCOCC3)cc2)n/c1=C(/C=C\N)c1ccc(OC2CCOCC2)c(C#N)c1. The molecule has 0 bridgehead atoms. The van der Waals surface area contributed by atoms with Gasteiger partial charge in [-0.3, -0.25) is 0 Å². The molecule has 8 heteroatoms. The fraction of sp³-hybridized carbons (Fsp3) is 0.310. The Morgan fingerprint density at radius 1 is 1.11 bits per heavy atom.